The molecule has 10 nitrogen and oxygen atoms in total. The van der Waals surface area contributed by atoms with Crippen molar-refractivity contribution >= 4 is 45.6 Å². The first-order chi connectivity index (χ1) is 20.7. The molecule has 2 amide bonds. The predicted octanol–water partition coefficient (Wildman–Crippen LogP) is 6.02. The van der Waals surface area contributed by atoms with Crippen molar-refractivity contribution in [1.82, 2.24) is 5.43 Å². The number of rotatable bonds is 10. The Labute approximate surface area is 256 Å². The molecule has 4 aromatic rings. The zero-order chi connectivity index (χ0) is 30.9. The van der Waals surface area contributed by atoms with Gasteiger partial charge in [-0.05, 0) is 61.5 Å². The quantitative estimate of drug-likeness (QED) is 0.0935. The van der Waals surface area contributed by atoms with Gasteiger partial charge in [0.05, 0.1) is 44.4 Å². The number of hydrogen-bond acceptors (Lipinski definition) is 8. The normalized spacial score (nSPS) is 10.6. The SMILES string of the molecule is COc1cc(C(=O)Oc2ccc(Br)cc2/C=N\NC(=O)c2ccccc2NC(=O)c2cccc(C)c2)cc(OC)c1OC. The zero-order valence-corrected chi connectivity index (χ0v) is 25.4. The molecule has 0 saturated heterocycles. The molecular weight excluding hydrogens is 618 g/mol. The molecule has 0 bridgehead atoms. The standard InChI is InChI=1S/C32H28BrN3O7/c1-19-8-7-9-20(14-19)30(37)35-25-11-6-5-10-24(25)31(38)36-34-18-22-15-23(33)12-13-26(22)43-32(39)21-16-27(40-2)29(42-4)28(17-21)41-3/h5-18H,1-4H3,(H,35,37)(H,36,38)/b34-18-. The van der Waals surface area contributed by atoms with Crippen LogP contribution in [-0.4, -0.2) is 45.3 Å². The van der Waals surface area contributed by atoms with E-state index >= 15 is 0 Å². The Balaban J connectivity index is 1.51. The summed E-state index contributed by atoms with van der Waals surface area (Å²) >= 11 is 3.40. The molecule has 0 aromatic heterocycles. The molecule has 11 heteroatoms. The molecule has 2 N–H and O–H groups in total. The van der Waals surface area contributed by atoms with Crippen LogP contribution in [0, 0.1) is 6.92 Å². The molecule has 0 atom stereocenters. The predicted molar refractivity (Wildman–Crippen MR) is 166 cm³/mol. The fraction of sp³-hybridized carbons (Fsp3) is 0.125. The molecule has 0 unspecified atom stereocenters. The summed E-state index contributed by atoms with van der Waals surface area (Å²) in [4.78, 5) is 38.8. The van der Waals surface area contributed by atoms with Crippen molar-refractivity contribution in [3.8, 4) is 23.0 Å². The number of anilines is 1. The van der Waals surface area contributed by atoms with Gasteiger partial charge in [-0.2, -0.15) is 5.10 Å². The molecule has 0 aliphatic carbocycles. The number of amides is 2. The fourth-order valence-corrected chi connectivity index (χ4v) is 4.44. The summed E-state index contributed by atoms with van der Waals surface area (Å²) in [5, 5.41) is 6.84. The summed E-state index contributed by atoms with van der Waals surface area (Å²) in [6.45, 7) is 1.89. The van der Waals surface area contributed by atoms with Crippen molar-refractivity contribution in [2.75, 3.05) is 26.6 Å². The van der Waals surface area contributed by atoms with Crippen molar-refractivity contribution in [3.05, 3.63) is 111 Å². The van der Waals surface area contributed by atoms with E-state index < -0.39 is 11.9 Å². The van der Waals surface area contributed by atoms with Crippen LogP contribution in [-0.2, 0) is 0 Å². The molecule has 4 rings (SSSR count). The van der Waals surface area contributed by atoms with E-state index in [0.29, 0.717) is 38.5 Å². The molecule has 43 heavy (non-hydrogen) atoms. The number of nitrogens with one attached hydrogen (secondary N) is 2. The first-order valence-electron chi connectivity index (χ1n) is 12.9. The smallest absolute Gasteiger partial charge is 0.343 e. The Morgan fingerprint density at radius 2 is 1.49 bits per heavy atom. The number of hydrazone groups is 1. The second kappa shape index (κ2) is 14.1. The Hall–Kier alpha value is -5.16. The summed E-state index contributed by atoms with van der Waals surface area (Å²) in [5.74, 6) is -0.467. The van der Waals surface area contributed by atoms with Gasteiger partial charge in [-0.3, -0.25) is 9.59 Å². The summed E-state index contributed by atoms with van der Waals surface area (Å²) in [6.07, 6.45) is 1.34. The maximum absolute atomic E-state index is 13.1. The average Bonchev–Trinajstić information content (AvgIpc) is 3.01. The van der Waals surface area contributed by atoms with Crippen LogP contribution in [0.4, 0.5) is 5.69 Å². The first-order valence-corrected chi connectivity index (χ1v) is 13.7. The first kappa shape index (κ1) is 30.8. The van der Waals surface area contributed by atoms with Crippen molar-refractivity contribution in [1.29, 1.82) is 0 Å². The van der Waals surface area contributed by atoms with Crippen LogP contribution in [0.2, 0.25) is 0 Å². The minimum atomic E-state index is -0.682. The maximum atomic E-state index is 13.1. The molecule has 0 saturated carbocycles. The number of ether oxygens (including phenoxy) is 4. The molecule has 0 heterocycles. The molecule has 0 aliphatic rings. The molecule has 0 fully saturated rings. The number of halogens is 1. The Morgan fingerprint density at radius 3 is 2.16 bits per heavy atom. The number of methoxy groups -OCH3 is 3. The van der Waals surface area contributed by atoms with Crippen molar-refractivity contribution < 1.29 is 33.3 Å². The van der Waals surface area contributed by atoms with Crippen LogP contribution in [0.3, 0.4) is 0 Å². The van der Waals surface area contributed by atoms with Crippen molar-refractivity contribution in [2.45, 2.75) is 6.92 Å². The highest BCUT2D eigenvalue weighted by Crippen LogP contribution is 2.38. The van der Waals surface area contributed by atoms with E-state index in [1.165, 1.54) is 39.7 Å². The minimum Gasteiger partial charge on any atom is -0.493 e. The van der Waals surface area contributed by atoms with E-state index in [9.17, 15) is 14.4 Å². The number of para-hydroxylation sites is 1. The summed E-state index contributed by atoms with van der Waals surface area (Å²) in [5.41, 5.74) is 4.97. The van der Waals surface area contributed by atoms with E-state index in [0.717, 1.165) is 5.56 Å². The fourth-order valence-electron chi connectivity index (χ4n) is 4.06. The van der Waals surface area contributed by atoms with Crippen LogP contribution in [0.25, 0.3) is 0 Å². The largest absolute Gasteiger partial charge is 0.493 e. The minimum absolute atomic E-state index is 0.165. The zero-order valence-electron chi connectivity index (χ0n) is 23.8. The molecule has 0 aliphatic heterocycles. The number of carbonyl (C=O) groups is 3. The van der Waals surface area contributed by atoms with E-state index in [2.05, 4.69) is 31.8 Å². The van der Waals surface area contributed by atoms with Gasteiger partial charge in [0.25, 0.3) is 11.8 Å². The van der Waals surface area contributed by atoms with Crippen LogP contribution < -0.4 is 29.7 Å². The van der Waals surface area contributed by atoms with Crippen LogP contribution in [0.1, 0.15) is 42.2 Å². The third-order valence-electron chi connectivity index (χ3n) is 6.14. The van der Waals surface area contributed by atoms with E-state index in [1.807, 2.05) is 13.0 Å². The van der Waals surface area contributed by atoms with E-state index in [1.54, 1.807) is 60.7 Å². The Kier molecular flexibility index (Phi) is 10.1. The lowest BCUT2D eigenvalue weighted by molar-refractivity contribution is 0.0733. The molecule has 220 valence electrons. The molecular formula is C32H28BrN3O7. The van der Waals surface area contributed by atoms with Gasteiger partial charge in [-0.25, -0.2) is 10.2 Å². The number of hydrogen-bond donors (Lipinski definition) is 2. The lowest BCUT2D eigenvalue weighted by Gasteiger charge is -2.14. The number of benzene rings is 4. The number of nitrogens with zero attached hydrogens (tertiary/aromatic N) is 1. The summed E-state index contributed by atoms with van der Waals surface area (Å²) in [6, 6.07) is 21.6. The molecule has 0 spiro atoms. The van der Waals surface area contributed by atoms with Gasteiger partial charge in [0.15, 0.2) is 11.5 Å². The highest BCUT2D eigenvalue weighted by Gasteiger charge is 2.20. The molecule has 4 aromatic carbocycles. The van der Waals surface area contributed by atoms with Crippen LogP contribution in [0.5, 0.6) is 23.0 Å². The van der Waals surface area contributed by atoms with Crippen molar-refractivity contribution in [3.63, 3.8) is 0 Å². The van der Waals surface area contributed by atoms with Gasteiger partial charge in [0.2, 0.25) is 5.75 Å². The summed E-state index contributed by atoms with van der Waals surface area (Å²) < 4.78 is 22.3. The average molecular weight is 646 g/mol. The third-order valence-corrected chi connectivity index (χ3v) is 6.64. The highest BCUT2D eigenvalue weighted by molar-refractivity contribution is 9.10. The lowest BCUT2D eigenvalue weighted by Crippen LogP contribution is -2.21. The van der Waals surface area contributed by atoms with Crippen LogP contribution in [0.15, 0.2) is 88.4 Å². The monoisotopic (exact) mass is 645 g/mol. The highest BCUT2D eigenvalue weighted by atomic mass is 79.9. The lowest BCUT2D eigenvalue weighted by atomic mass is 10.1. The topological polar surface area (TPSA) is 125 Å². The molecule has 0 radical (unpaired) electrons. The second-order valence-corrected chi connectivity index (χ2v) is 9.97. The second-order valence-electron chi connectivity index (χ2n) is 9.05. The van der Waals surface area contributed by atoms with Gasteiger partial charge in [-0.15, -0.1) is 0 Å². The maximum Gasteiger partial charge on any atom is 0.343 e. The van der Waals surface area contributed by atoms with Crippen molar-refractivity contribution in [2.24, 2.45) is 5.10 Å². The van der Waals surface area contributed by atoms with Gasteiger partial charge in [0, 0.05) is 15.6 Å². The van der Waals surface area contributed by atoms with Gasteiger partial charge in [0.1, 0.15) is 5.75 Å². The van der Waals surface area contributed by atoms with Gasteiger partial charge >= 0.3 is 5.97 Å². The Bertz CT molecular complexity index is 1680. The van der Waals surface area contributed by atoms with E-state index in [-0.39, 0.29) is 22.8 Å². The number of aryl methyl sites for hydroxylation is 1. The number of esters is 1. The summed E-state index contributed by atoms with van der Waals surface area (Å²) in [7, 11) is 4.35. The Morgan fingerprint density at radius 1 is 0.767 bits per heavy atom. The van der Waals surface area contributed by atoms with E-state index in [4.69, 9.17) is 18.9 Å². The number of carbonyl (C=O) groups excluding carboxylic acids is 3. The van der Waals surface area contributed by atoms with Gasteiger partial charge in [-0.1, -0.05) is 45.8 Å². The van der Waals surface area contributed by atoms with Gasteiger partial charge < -0.3 is 24.3 Å². The third kappa shape index (κ3) is 7.57. The van der Waals surface area contributed by atoms with Crippen LogP contribution >= 0.6 is 15.9 Å².